The molecule has 0 aromatic heterocycles. The second kappa shape index (κ2) is 12.2. The number of thioether (sulfide) groups is 1. The molecule has 2 aromatic rings. The van der Waals surface area contributed by atoms with Crippen molar-refractivity contribution in [2.45, 2.75) is 45.0 Å². The van der Waals surface area contributed by atoms with Crippen LogP contribution in [0.2, 0.25) is 10.0 Å². The first-order valence-electron chi connectivity index (χ1n) is 9.93. The summed E-state index contributed by atoms with van der Waals surface area (Å²) in [5.74, 6) is 0.665. The fourth-order valence-corrected chi connectivity index (χ4v) is 4.41. The first-order valence-corrected chi connectivity index (χ1v) is 11.8. The van der Waals surface area contributed by atoms with Gasteiger partial charge in [0.15, 0.2) is 0 Å². The second-order valence-corrected chi connectivity index (χ2v) is 9.22. The third-order valence-corrected chi connectivity index (χ3v) is 6.13. The van der Waals surface area contributed by atoms with Crippen molar-refractivity contribution in [3.63, 3.8) is 0 Å². The minimum absolute atomic E-state index is 0.0208. The molecule has 7 heteroatoms. The number of benzene rings is 2. The van der Waals surface area contributed by atoms with Crippen LogP contribution in [0.15, 0.2) is 48.5 Å². The third-order valence-electron chi connectivity index (χ3n) is 4.58. The van der Waals surface area contributed by atoms with E-state index in [1.54, 1.807) is 24.0 Å². The van der Waals surface area contributed by atoms with Crippen LogP contribution in [-0.4, -0.2) is 41.1 Å². The van der Waals surface area contributed by atoms with Crippen molar-refractivity contribution in [1.82, 2.24) is 10.2 Å². The average molecular weight is 467 g/mol. The molecule has 2 rings (SSSR count). The molecule has 1 atom stereocenters. The molecule has 0 fully saturated rings. The topological polar surface area (TPSA) is 49.4 Å². The Bertz CT molecular complexity index is 846. The van der Waals surface area contributed by atoms with Crippen LogP contribution in [-0.2, 0) is 21.8 Å². The first-order chi connectivity index (χ1) is 14.3. The Balaban J connectivity index is 2.01. The smallest absolute Gasteiger partial charge is 0.242 e. The van der Waals surface area contributed by atoms with Gasteiger partial charge in [-0.25, -0.2) is 0 Å². The fourth-order valence-electron chi connectivity index (χ4n) is 2.95. The number of carbonyl (C=O) groups excluding carboxylic acids is 2. The maximum atomic E-state index is 13.0. The molecule has 0 heterocycles. The van der Waals surface area contributed by atoms with Gasteiger partial charge >= 0.3 is 0 Å². The van der Waals surface area contributed by atoms with E-state index in [0.717, 1.165) is 11.1 Å². The zero-order valence-electron chi connectivity index (χ0n) is 17.5. The van der Waals surface area contributed by atoms with Crippen molar-refractivity contribution in [3.8, 4) is 0 Å². The molecule has 0 radical (unpaired) electrons. The van der Waals surface area contributed by atoms with Crippen molar-refractivity contribution in [1.29, 1.82) is 0 Å². The van der Waals surface area contributed by atoms with Crippen LogP contribution in [0.3, 0.4) is 0 Å². The van der Waals surface area contributed by atoms with Gasteiger partial charge in [0.2, 0.25) is 11.8 Å². The van der Waals surface area contributed by atoms with E-state index >= 15 is 0 Å². The lowest BCUT2D eigenvalue weighted by molar-refractivity contribution is -0.138. The summed E-state index contributed by atoms with van der Waals surface area (Å²) in [4.78, 5) is 27.2. The number of hydrogen-bond donors (Lipinski definition) is 1. The monoisotopic (exact) mass is 466 g/mol. The highest BCUT2D eigenvalue weighted by atomic mass is 35.5. The van der Waals surface area contributed by atoms with Gasteiger partial charge in [-0.15, -0.1) is 11.8 Å². The van der Waals surface area contributed by atoms with E-state index in [1.807, 2.05) is 50.2 Å². The highest BCUT2D eigenvalue weighted by Gasteiger charge is 2.26. The highest BCUT2D eigenvalue weighted by molar-refractivity contribution is 7.99. The number of amides is 2. The maximum Gasteiger partial charge on any atom is 0.242 e. The molecule has 0 saturated carbocycles. The lowest BCUT2D eigenvalue weighted by Crippen LogP contribution is -2.50. The Morgan fingerprint density at radius 2 is 1.77 bits per heavy atom. The Labute approximate surface area is 193 Å². The van der Waals surface area contributed by atoms with Crippen LogP contribution in [0.5, 0.6) is 0 Å². The summed E-state index contributed by atoms with van der Waals surface area (Å²) in [5.41, 5.74) is 2.06. The molecular formula is C23H28Cl2N2O2S. The van der Waals surface area contributed by atoms with Crippen molar-refractivity contribution < 1.29 is 9.59 Å². The quantitative estimate of drug-likeness (QED) is 0.522. The van der Waals surface area contributed by atoms with E-state index in [1.165, 1.54) is 11.8 Å². The van der Waals surface area contributed by atoms with Crippen LogP contribution < -0.4 is 5.32 Å². The molecule has 4 nitrogen and oxygen atoms in total. The van der Waals surface area contributed by atoms with Gasteiger partial charge in [-0.05, 0) is 50.5 Å². The molecule has 1 unspecified atom stereocenters. The van der Waals surface area contributed by atoms with Crippen LogP contribution in [0, 0.1) is 0 Å². The molecular weight excluding hydrogens is 439 g/mol. The van der Waals surface area contributed by atoms with Crippen LogP contribution in [0.1, 0.15) is 31.9 Å². The number of nitrogens with zero attached hydrogens (tertiary/aromatic N) is 1. The maximum absolute atomic E-state index is 13.0. The van der Waals surface area contributed by atoms with Gasteiger partial charge in [0.1, 0.15) is 6.04 Å². The summed E-state index contributed by atoms with van der Waals surface area (Å²) in [7, 11) is 0. The van der Waals surface area contributed by atoms with Gasteiger partial charge in [0.05, 0.1) is 5.75 Å². The van der Waals surface area contributed by atoms with E-state index in [-0.39, 0.29) is 23.6 Å². The summed E-state index contributed by atoms with van der Waals surface area (Å²) in [6.07, 6.45) is 0.694. The average Bonchev–Trinajstić information content (AvgIpc) is 2.70. The number of hydrogen-bond acceptors (Lipinski definition) is 3. The zero-order chi connectivity index (χ0) is 22.1. The van der Waals surface area contributed by atoms with Gasteiger partial charge < -0.3 is 10.2 Å². The molecule has 0 aliphatic heterocycles. The van der Waals surface area contributed by atoms with E-state index in [9.17, 15) is 9.59 Å². The van der Waals surface area contributed by atoms with Gasteiger partial charge in [0.25, 0.3) is 0 Å². The Morgan fingerprint density at radius 1 is 1.07 bits per heavy atom. The van der Waals surface area contributed by atoms with E-state index in [2.05, 4.69) is 5.32 Å². The molecule has 30 heavy (non-hydrogen) atoms. The predicted molar refractivity (Wildman–Crippen MR) is 127 cm³/mol. The Morgan fingerprint density at radius 3 is 2.40 bits per heavy atom. The summed E-state index contributed by atoms with van der Waals surface area (Å²) >= 11 is 13.6. The first kappa shape index (κ1) is 24.6. The van der Waals surface area contributed by atoms with Crippen molar-refractivity contribution in [2.75, 3.05) is 12.3 Å². The number of halogens is 2. The molecule has 0 spiro atoms. The van der Waals surface area contributed by atoms with E-state index in [0.29, 0.717) is 28.8 Å². The molecule has 0 aliphatic rings. The number of rotatable bonds is 10. The highest BCUT2D eigenvalue weighted by Crippen LogP contribution is 2.25. The van der Waals surface area contributed by atoms with E-state index < -0.39 is 6.04 Å². The molecule has 162 valence electrons. The second-order valence-electron chi connectivity index (χ2n) is 7.39. The standard InChI is InChI=1S/C23H28Cl2N2O2S/c1-16(2)26-23(29)17(3)27(12-11-18-7-5-4-6-8-18)22(28)15-30-14-19-9-10-20(24)13-21(19)25/h4-10,13,16-17H,11-12,14-15H2,1-3H3,(H,26,29). The molecule has 2 aromatic carbocycles. The van der Waals surface area contributed by atoms with Crippen molar-refractivity contribution in [3.05, 3.63) is 69.7 Å². The molecule has 1 N–H and O–H groups in total. The van der Waals surface area contributed by atoms with E-state index in [4.69, 9.17) is 23.2 Å². The molecule has 0 saturated heterocycles. The van der Waals surface area contributed by atoms with Crippen molar-refractivity contribution >= 4 is 46.8 Å². The number of carbonyl (C=O) groups is 2. The summed E-state index contributed by atoms with van der Waals surface area (Å²) in [6.45, 7) is 6.08. The SMILES string of the molecule is CC(C)NC(=O)C(C)N(CCc1ccccc1)C(=O)CSCc1ccc(Cl)cc1Cl. The minimum atomic E-state index is -0.539. The molecule has 0 aliphatic carbocycles. The minimum Gasteiger partial charge on any atom is -0.352 e. The van der Waals surface area contributed by atoms with Crippen molar-refractivity contribution in [2.24, 2.45) is 0 Å². The summed E-state index contributed by atoms with van der Waals surface area (Å²) < 4.78 is 0. The van der Waals surface area contributed by atoms with Crippen LogP contribution in [0.25, 0.3) is 0 Å². The predicted octanol–water partition coefficient (Wildman–Crippen LogP) is 5.21. The largest absolute Gasteiger partial charge is 0.352 e. The van der Waals surface area contributed by atoms with Gasteiger partial charge in [-0.1, -0.05) is 59.6 Å². The van der Waals surface area contributed by atoms with Gasteiger partial charge in [0, 0.05) is 28.4 Å². The lowest BCUT2D eigenvalue weighted by atomic mass is 10.1. The van der Waals surface area contributed by atoms with Gasteiger partial charge in [-0.2, -0.15) is 0 Å². The number of nitrogens with one attached hydrogen (secondary N) is 1. The van der Waals surface area contributed by atoms with Crippen LogP contribution >= 0.6 is 35.0 Å². The fraction of sp³-hybridized carbons (Fsp3) is 0.391. The zero-order valence-corrected chi connectivity index (χ0v) is 19.9. The Hall–Kier alpha value is -1.69. The van der Waals surface area contributed by atoms with Crippen LogP contribution in [0.4, 0.5) is 0 Å². The molecule has 0 bridgehead atoms. The Kier molecular flexibility index (Phi) is 10.0. The normalized spacial score (nSPS) is 11.9. The third kappa shape index (κ3) is 7.86. The lowest BCUT2D eigenvalue weighted by Gasteiger charge is -2.29. The van der Waals surface area contributed by atoms with Gasteiger partial charge in [-0.3, -0.25) is 9.59 Å². The summed E-state index contributed by atoms with van der Waals surface area (Å²) in [6, 6.07) is 14.8. The molecule has 2 amide bonds. The summed E-state index contributed by atoms with van der Waals surface area (Å²) in [5, 5.41) is 4.08.